The second kappa shape index (κ2) is 13.7. The Kier molecular flexibility index (Phi) is 10.1. The summed E-state index contributed by atoms with van der Waals surface area (Å²) < 4.78 is 33.7. The van der Waals surface area contributed by atoms with Gasteiger partial charge in [-0.15, -0.1) is 0 Å². The van der Waals surface area contributed by atoms with Crippen molar-refractivity contribution in [2.24, 2.45) is 0 Å². The van der Waals surface area contributed by atoms with E-state index in [4.69, 9.17) is 4.43 Å². The number of hydrogen-bond acceptors (Lipinski definition) is 6. The summed E-state index contributed by atoms with van der Waals surface area (Å²) in [5, 5.41) is 34.5. The van der Waals surface area contributed by atoms with Crippen molar-refractivity contribution in [2.45, 2.75) is 56.9 Å². The number of rotatable bonds is 11. The number of fused-ring (bicyclic) bond motifs is 1. The fraction of sp³-hybridized carbons (Fsp3) is 0.316. The molecule has 242 valence electrons. The van der Waals surface area contributed by atoms with Crippen molar-refractivity contribution in [3.8, 4) is 5.75 Å². The molecule has 6 nitrogen and oxygen atoms in total. The van der Waals surface area contributed by atoms with Gasteiger partial charge in [-0.2, -0.15) is 0 Å². The van der Waals surface area contributed by atoms with Crippen LogP contribution in [0.3, 0.4) is 0 Å². The maximum atomic E-state index is 13.3. The van der Waals surface area contributed by atoms with Crippen LogP contribution in [0.15, 0.2) is 114 Å². The van der Waals surface area contributed by atoms with Gasteiger partial charge in [0.15, 0.2) is 9.84 Å². The Bertz CT molecular complexity index is 1800. The van der Waals surface area contributed by atoms with Gasteiger partial charge in [0.2, 0.25) is 0 Å². The molecule has 46 heavy (non-hydrogen) atoms. The fourth-order valence-corrected chi connectivity index (χ4v) is 13.3. The van der Waals surface area contributed by atoms with Crippen molar-refractivity contribution < 1.29 is 28.2 Å². The van der Waals surface area contributed by atoms with Crippen LogP contribution in [0.5, 0.6) is 5.75 Å². The monoisotopic (exact) mass is 656 g/mol. The van der Waals surface area contributed by atoms with E-state index in [0.29, 0.717) is 24.0 Å². The molecule has 1 heterocycles. The lowest BCUT2D eigenvalue weighted by molar-refractivity contribution is 0.187. The van der Waals surface area contributed by atoms with E-state index in [2.05, 4.69) is 45.0 Å². The van der Waals surface area contributed by atoms with E-state index in [1.807, 2.05) is 79.7 Å². The van der Waals surface area contributed by atoms with Crippen LogP contribution in [0.2, 0.25) is 5.04 Å². The number of hydrogen-bond donors (Lipinski definition) is 3. The third-order valence-corrected chi connectivity index (χ3v) is 16.1. The lowest BCUT2D eigenvalue weighted by Gasteiger charge is -2.43. The van der Waals surface area contributed by atoms with Crippen molar-refractivity contribution in [2.75, 3.05) is 19.0 Å². The van der Waals surface area contributed by atoms with E-state index >= 15 is 0 Å². The first-order chi connectivity index (χ1) is 21.9. The third kappa shape index (κ3) is 6.64. The van der Waals surface area contributed by atoms with Gasteiger partial charge in [-0.05, 0) is 63.3 Å². The third-order valence-electron chi connectivity index (χ3n) is 9.12. The average molecular weight is 657 g/mol. The Morgan fingerprint density at radius 2 is 1.48 bits per heavy atom. The minimum absolute atomic E-state index is 0.0454. The first kappa shape index (κ1) is 33.8. The molecule has 0 fully saturated rings. The molecule has 0 aliphatic carbocycles. The molecule has 4 aromatic carbocycles. The van der Waals surface area contributed by atoms with Crippen molar-refractivity contribution in [1.29, 1.82) is 0 Å². The summed E-state index contributed by atoms with van der Waals surface area (Å²) in [4.78, 5) is 0. The lowest BCUT2D eigenvalue weighted by atomic mass is 9.95. The van der Waals surface area contributed by atoms with Crippen molar-refractivity contribution in [3.05, 3.63) is 119 Å². The molecule has 4 aromatic rings. The molecule has 0 aromatic heterocycles. The first-order valence-corrected chi connectivity index (χ1v) is 19.4. The standard InChI is InChI=1S/C38H44O6SSi/c1-27(23-28-20-22-34(40)33-18-12-11-17-32(28)33)19-21-35(41)37-29(26-45(42,43)36(37)24-39)25-44-46(38(2,3)4,30-13-7-5-8-14-30)31-15-9-6-10-16-31/h5-18,20,22-23,35-36,39-41H,19,21,24-26H2,1-4H3/b27-23+/t35-,36+/m1/s1. The molecule has 0 spiro atoms. The second-order valence-corrected chi connectivity index (χ2v) is 19.7. The van der Waals surface area contributed by atoms with Crippen LogP contribution in [0.1, 0.15) is 46.1 Å². The van der Waals surface area contributed by atoms with Gasteiger partial charge in [0.1, 0.15) is 11.0 Å². The topological polar surface area (TPSA) is 104 Å². The van der Waals surface area contributed by atoms with E-state index in [-0.39, 0.29) is 23.1 Å². The van der Waals surface area contributed by atoms with Gasteiger partial charge >= 0.3 is 0 Å². The van der Waals surface area contributed by atoms with Crippen LogP contribution in [0.25, 0.3) is 16.8 Å². The number of aliphatic hydroxyl groups is 2. The van der Waals surface area contributed by atoms with Gasteiger partial charge in [-0.25, -0.2) is 8.42 Å². The minimum Gasteiger partial charge on any atom is -0.507 e. The van der Waals surface area contributed by atoms with Gasteiger partial charge in [-0.1, -0.05) is 123 Å². The number of allylic oxidation sites excluding steroid dienone is 1. The first-order valence-electron chi connectivity index (χ1n) is 15.7. The lowest BCUT2D eigenvalue weighted by Crippen LogP contribution is -2.66. The van der Waals surface area contributed by atoms with Gasteiger partial charge in [0.05, 0.1) is 25.1 Å². The maximum absolute atomic E-state index is 13.3. The average Bonchev–Trinajstić information content (AvgIpc) is 3.31. The predicted molar refractivity (Wildman–Crippen MR) is 190 cm³/mol. The largest absolute Gasteiger partial charge is 0.507 e. The highest BCUT2D eigenvalue weighted by Crippen LogP contribution is 2.39. The number of aromatic hydroxyl groups is 1. The molecule has 0 amide bonds. The maximum Gasteiger partial charge on any atom is 0.261 e. The zero-order valence-corrected chi connectivity index (χ0v) is 28.8. The van der Waals surface area contributed by atoms with Crippen LogP contribution in [0, 0.1) is 0 Å². The number of sulfone groups is 1. The summed E-state index contributed by atoms with van der Waals surface area (Å²) in [6.45, 7) is 7.92. The Morgan fingerprint density at radius 3 is 2.04 bits per heavy atom. The Hall–Kier alpha value is -3.53. The molecular weight excluding hydrogens is 613 g/mol. The summed E-state index contributed by atoms with van der Waals surface area (Å²) in [6, 6.07) is 31.5. The Labute approximate surface area is 273 Å². The summed E-state index contributed by atoms with van der Waals surface area (Å²) in [5.74, 6) is -0.0324. The molecule has 0 saturated carbocycles. The van der Waals surface area contributed by atoms with Crippen molar-refractivity contribution in [1.82, 2.24) is 0 Å². The highest BCUT2D eigenvalue weighted by Gasteiger charge is 2.51. The van der Waals surface area contributed by atoms with Crippen molar-refractivity contribution in [3.63, 3.8) is 0 Å². The quantitative estimate of drug-likeness (QED) is 0.140. The highest BCUT2D eigenvalue weighted by atomic mass is 32.2. The van der Waals surface area contributed by atoms with E-state index in [1.54, 1.807) is 6.07 Å². The molecular formula is C38H44O6SSi. The van der Waals surface area contributed by atoms with Crippen LogP contribution in [-0.2, 0) is 14.3 Å². The highest BCUT2D eigenvalue weighted by molar-refractivity contribution is 7.92. The van der Waals surface area contributed by atoms with E-state index in [0.717, 1.165) is 32.3 Å². The summed E-state index contributed by atoms with van der Waals surface area (Å²) in [7, 11) is -6.68. The summed E-state index contributed by atoms with van der Waals surface area (Å²) in [5.41, 5.74) is 2.85. The van der Waals surface area contributed by atoms with Crippen molar-refractivity contribution >= 4 is 45.4 Å². The Balaban J connectivity index is 1.46. The molecule has 1 aliphatic rings. The molecule has 5 rings (SSSR count). The van der Waals surface area contributed by atoms with E-state index in [9.17, 15) is 23.7 Å². The zero-order chi connectivity index (χ0) is 33.1. The minimum atomic E-state index is -3.72. The summed E-state index contributed by atoms with van der Waals surface area (Å²) in [6.07, 6.45) is 1.78. The van der Waals surface area contributed by atoms with E-state index in [1.165, 1.54) is 0 Å². The number of phenolic OH excluding ortho intramolecular Hbond substituents is 1. The number of aliphatic hydroxyl groups excluding tert-OH is 2. The van der Waals surface area contributed by atoms with Crippen LogP contribution in [0.4, 0.5) is 0 Å². The predicted octanol–water partition coefficient (Wildman–Crippen LogP) is 5.75. The van der Waals surface area contributed by atoms with Gasteiger partial charge < -0.3 is 19.7 Å². The Morgan fingerprint density at radius 1 is 0.913 bits per heavy atom. The molecule has 2 atom stereocenters. The molecule has 0 saturated heterocycles. The molecule has 1 aliphatic heterocycles. The van der Waals surface area contributed by atoms with Crippen LogP contribution >= 0.6 is 0 Å². The SMILES string of the molecule is C/C(=C\c1ccc(O)c2ccccc12)CC[C@@H](O)C1=C(CO[Si](c2ccccc2)(c2ccccc2)C(C)(C)C)CS(=O)(=O)[C@H]1CO. The van der Waals surface area contributed by atoms with Gasteiger partial charge in [0, 0.05) is 5.39 Å². The number of phenols is 1. The zero-order valence-electron chi connectivity index (χ0n) is 27.0. The molecule has 8 heteroatoms. The van der Waals surface area contributed by atoms with E-state index < -0.39 is 36.1 Å². The number of benzene rings is 4. The fourth-order valence-electron chi connectivity index (χ4n) is 6.88. The molecule has 0 unspecified atom stereocenters. The second-order valence-electron chi connectivity index (χ2n) is 13.3. The summed E-state index contributed by atoms with van der Waals surface area (Å²) >= 11 is 0. The van der Waals surface area contributed by atoms with Crippen LogP contribution < -0.4 is 10.4 Å². The normalized spacial score (nSPS) is 17.9. The molecule has 0 bridgehead atoms. The molecule has 0 radical (unpaired) electrons. The van der Waals surface area contributed by atoms with Crippen LogP contribution in [-0.4, -0.2) is 62.4 Å². The van der Waals surface area contributed by atoms with Gasteiger partial charge in [-0.3, -0.25) is 0 Å². The van der Waals surface area contributed by atoms with Gasteiger partial charge in [0.25, 0.3) is 8.32 Å². The molecule has 3 N–H and O–H groups in total. The smallest absolute Gasteiger partial charge is 0.261 e.